The molecule has 0 aliphatic carbocycles. The van der Waals surface area contributed by atoms with E-state index in [-0.39, 0.29) is 52.4 Å². The maximum atomic E-state index is 12.6. The summed E-state index contributed by atoms with van der Waals surface area (Å²) in [4.78, 5) is 12.6. The second-order valence-corrected chi connectivity index (χ2v) is 6.87. The van der Waals surface area contributed by atoms with Gasteiger partial charge in [0.05, 0.1) is 17.2 Å². The fourth-order valence-electron chi connectivity index (χ4n) is 3.26. The second-order valence-electron chi connectivity index (χ2n) is 6.50. The van der Waals surface area contributed by atoms with E-state index in [0.717, 1.165) is 11.8 Å². The maximum absolute atomic E-state index is 12.6. The summed E-state index contributed by atoms with van der Waals surface area (Å²) < 4.78 is 16.9. The van der Waals surface area contributed by atoms with Crippen LogP contribution in [0.4, 0.5) is 0 Å². The zero-order valence-electron chi connectivity index (χ0n) is 13.5. The van der Waals surface area contributed by atoms with Crippen LogP contribution >= 0.6 is 11.6 Å². The van der Waals surface area contributed by atoms with Gasteiger partial charge in [-0.3, -0.25) is 0 Å². The van der Waals surface area contributed by atoms with Crippen LogP contribution in [-0.2, 0) is 22.3 Å². The molecule has 6 nitrogen and oxygen atoms in total. The average Bonchev–Trinajstić information content (AvgIpc) is 3.08. The molecule has 4 rings (SSSR count). The molecule has 3 heterocycles. The number of cyclic esters (lactones) is 1. The number of carbonyl (C=O) groups is 1. The first-order valence-electron chi connectivity index (χ1n) is 8.09. The molecule has 2 aromatic rings. The summed E-state index contributed by atoms with van der Waals surface area (Å²) in [5, 5.41) is 20.1. The number of esters is 1. The molecular formula is C18H17ClO6. The van der Waals surface area contributed by atoms with Crippen LogP contribution in [0.3, 0.4) is 0 Å². The van der Waals surface area contributed by atoms with E-state index in [2.05, 4.69) is 0 Å². The summed E-state index contributed by atoms with van der Waals surface area (Å²) in [5.74, 6) is -0.0185. The molecule has 0 unspecified atom stereocenters. The van der Waals surface area contributed by atoms with Crippen LogP contribution in [0, 0.1) is 0 Å². The molecule has 2 aliphatic rings. The van der Waals surface area contributed by atoms with Gasteiger partial charge in [-0.25, -0.2) is 4.79 Å². The Kier molecular flexibility index (Phi) is 3.89. The highest BCUT2D eigenvalue weighted by Crippen LogP contribution is 2.39. The van der Waals surface area contributed by atoms with Crippen molar-refractivity contribution in [2.45, 2.75) is 44.5 Å². The highest BCUT2D eigenvalue weighted by atomic mass is 35.5. The Morgan fingerprint density at radius 3 is 2.72 bits per heavy atom. The fraction of sp³-hybridized carbons (Fsp3) is 0.389. The molecule has 2 bridgehead atoms. The number of phenols is 2. The van der Waals surface area contributed by atoms with Crippen molar-refractivity contribution in [3.63, 3.8) is 0 Å². The number of furan rings is 1. The van der Waals surface area contributed by atoms with Gasteiger partial charge in [-0.1, -0.05) is 11.6 Å². The van der Waals surface area contributed by atoms with E-state index in [1.54, 1.807) is 13.0 Å². The SMILES string of the molecule is C[C@@H]1C[C@H]2O[C@@H]2Cc2ccc(o2)Cc2c(Cl)c(O)cc(O)c2C(=O)O1. The normalized spacial score (nSPS) is 25.7. The topological polar surface area (TPSA) is 92.4 Å². The summed E-state index contributed by atoms with van der Waals surface area (Å²) >= 11 is 6.19. The van der Waals surface area contributed by atoms with Crippen LogP contribution in [0.1, 0.15) is 40.8 Å². The lowest BCUT2D eigenvalue weighted by Crippen LogP contribution is -2.19. The Morgan fingerprint density at radius 1 is 1.16 bits per heavy atom. The molecule has 132 valence electrons. The van der Waals surface area contributed by atoms with Gasteiger partial charge in [0.15, 0.2) is 0 Å². The van der Waals surface area contributed by atoms with Crippen molar-refractivity contribution in [3.05, 3.63) is 45.9 Å². The van der Waals surface area contributed by atoms with Crippen molar-refractivity contribution in [3.8, 4) is 11.5 Å². The number of epoxide rings is 1. The number of hydrogen-bond donors (Lipinski definition) is 2. The number of phenolic OH excluding ortho intramolecular Hbond substituents is 2. The number of halogens is 1. The molecule has 2 N–H and O–H groups in total. The third-order valence-corrected chi connectivity index (χ3v) is 4.98. The average molecular weight is 365 g/mol. The highest BCUT2D eigenvalue weighted by Gasteiger charge is 2.41. The summed E-state index contributed by atoms with van der Waals surface area (Å²) in [6.07, 6.45) is 1.06. The van der Waals surface area contributed by atoms with E-state index in [9.17, 15) is 15.0 Å². The quantitative estimate of drug-likeness (QED) is 0.551. The molecule has 3 atom stereocenters. The summed E-state index contributed by atoms with van der Waals surface area (Å²) in [5.41, 5.74) is 0.220. The standard InChI is InChI=1S/C18H17ClO6/c1-8-4-14-15(25-14)6-10-3-2-9(24-10)5-11-16(18(22)23-8)12(20)7-13(21)17(11)19/h2-3,7-8,14-15,20-21H,4-6H2,1H3/t8-,14-,15-/m1/s1. The van der Waals surface area contributed by atoms with Gasteiger partial charge in [-0.2, -0.15) is 0 Å². The van der Waals surface area contributed by atoms with Gasteiger partial charge in [-0.05, 0) is 19.1 Å². The fourth-order valence-corrected chi connectivity index (χ4v) is 3.48. The Bertz CT molecular complexity index is 842. The van der Waals surface area contributed by atoms with E-state index < -0.39 is 5.97 Å². The van der Waals surface area contributed by atoms with Crippen molar-refractivity contribution in [2.24, 2.45) is 0 Å². The van der Waals surface area contributed by atoms with Crippen molar-refractivity contribution in [1.29, 1.82) is 0 Å². The van der Waals surface area contributed by atoms with Crippen LogP contribution in [0.2, 0.25) is 5.02 Å². The van der Waals surface area contributed by atoms with Gasteiger partial charge in [0.2, 0.25) is 0 Å². The van der Waals surface area contributed by atoms with Crippen molar-refractivity contribution in [2.75, 3.05) is 0 Å². The van der Waals surface area contributed by atoms with Crippen LogP contribution in [0.15, 0.2) is 22.6 Å². The molecule has 1 saturated heterocycles. The molecule has 0 saturated carbocycles. The summed E-state index contributed by atoms with van der Waals surface area (Å²) in [6, 6.07) is 4.68. The molecule has 1 aromatic carbocycles. The Labute approximate surface area is 148 Å². The molecule has 0 radical (unpaired) electrons. The molecule has 2 aliphatic heterocycles. The second kappa shape index (κ2) is 5.97. The molecule has 1 fully saturated rings. The Balaban J connectivity index is 1.80. The highest BCUT2D eigenvalue weighted by molar-refractivity contribution is 6.33. The molecular weight excluding hydrogens is 348 g/mol. The van der Waals surface area contributed by atoms with Crippen molar-refractivity contribution >= 4 is 17.6 Å². The number of ether oxygens (including phenoxy) is 2. The number of hydrogen-bond acceptors (Lipinski definition) is 6. The predicted molar refractivity (Wildman–Crippen MR) is 88.2 cm³/mol. The first-order valence-corrected chi connectivity index (χ1v) is 8.47. The lowest BCUT2D eigenvalue weighted by Gasteiger charge is -2.16. The number of fused-ring (bicyclic) bond motifs is 4. The summed E-state index contributed by atoms with van der Waals surface area (Å²) in [6.45, 7) is 1.78. The molecule has 0 spiro atoms. The van der Waals surface area contributed by atoms with Crippen LogP contribution in [0.5, 0.6) is 11.5 Å². The summed E-state index contributed by atoms with van der Waals surface area (Å²) in [7, 11) is 0. The van der Waals surface area contributed by atoms with E-state index in [0.29, 0.717) is 18.6 Å². The van der Waals surface area contributed by atoms with Gasteiger partial charge in [0.25, 0.3) is 0 Å². The number of aromatic hydroxyl groups is 2. The van der Waals surface area contributed by atoms with E-state index in [4.69, 9.17) is 25.5 Å². The zero-order valence-corrected chi connectivity index (χ0v) is 14.2. The van der Waals surface area contributed by atoms with Gasteiger partial charge < -0.3 is 24.1 Å². The van der Waals surface area contributed by atoms with E-state index >= 15 is 0 Å². The van der Waals surface area contributed by atoms with Crippen molar-refractivity contribution < 1.29 is 28.9 Å². The first kappa shape index (κ1) is 16.3. The maximum Gasteiger partial charge on any atom is 0.342 e. The number of rotatable bonds is 0. The first-order chi connectivity index (χ1) is 11.9. The third kappa shape index (κ3) is 3.07. The predicted octanol–water partition coefficient (Wildman–Crippen LogP) is 3.19. The molecule has 1 aromatic heterocycles. The minimum Gasteiger partial charge on any atom is -0.507 e. The molecule has 7 heteroatoms. The number of benzene rings is 1. The minimum absolute atomic E-state index is 0.00333. The minimum atomic E-state index is -0.690. The van der Waals surface area contributed by atoms with Gasteiger partial charge >= 0.3 is 5.97 Å². The molecule has 25 heavy (non-hydrogen) atoms. The third-order valence-electron chi connectivity index (χ3n) is 4.56. The molecule has 0 amide bonds. The largest absolute Gasteiger partial charge is 0.507 e. The van der Waals surface area contributed by atoms with Crippen LogP contribution < -0.4 is 0 Å². The van der Waals surface area contributed by atoms with Crippen LogP contribution in [-0.4, -0.2) is 34.5 Å². The van der Waals surface area contributed by atoms with Gasteiger partial charge in [0.1, 0.15) is 34.7 Å². The smallest absolute Gasteiger partial charge is 0.342 e. The van der Waals surface area contributed by atoms with Gasteiger partial charge in [-0.15, -0.1) is 0 Å². The Hall–Kier alpha value is -2.18. The van der Waals surface area contributed by atoms with E-state index in [1.165, 1.54) is 0 Å². The Morgan fingerprint density at radius 2 is 1.92 bits per heavy atom. The van der Waals surface area contributed by atoms with E-state index in [1.807, 2.05) is 6.07 Å². The van der Waals surface area contributed by atoms with Gasteiger partial charge in [0, 0.05) is 30.9 Å². The number of carbonyl (C=O) groups excluding carboxylic acids is 1. The van der Waals surface area contributed by atoms with Crippen molar-refractivity contribution in [1.82, 2.24) is 0 Å². The lowest BCUT2D eigenvalue weighted by atomic mass is 10.0. The monoisotopic (exact) mass is 364 g/mol. The zero-order chi connectivity index (χ0) is 17.7. The van der Waals surface area contributed by atoms with Crippen LogP contribution in [0.25, 0.3) is 0 Å². The lowest BCUT2D eigenvalue weighted by molar-refractivity contribution is 0.0305.